The Morgan fingerprint density at radius 1 is 1.10 bits per heavy atom. The summed E-state index contributed by atoms with van der Waals surface area (Å²) in [5, 5.41) is 6.09. The zero-order chi connectivity index (χ0) is 21.8. The number of amides is 3. The minimum absolute atomic E-state index is 0.110. The molecule has 0 aliphatic carbocycles. The van der Waals surface area contributed by atoms with Gasteiger partial charge in [0.25, 0.3) is 5.91 Å². The summed E-state index contributed by atoms with van der Waals surface area (Å²) >= 11 is 2.72. The largest absolute Gasteiger partial charge is 0.342 e. The van der Waals surface area contributed by atoms with Crippen molar-refractivity contribution in [2.24, 2.45) is 0 Å². The fourth-order valence-electron chi connectivity index (χ4n) is 3.40. The molecule has 1 aromatic heterocycles. The van der Waals surface area contributed by atoms with Gasteiger partial charge in [0.15, 0.2) is 5.13 Å². The van der Waals surface area contributed by atoms with Crippen molar-refractivity contribution >= 4 is 61.9 Å². The number of carbonyl (C=O) groups excluding carboxylic acids is 3. The number of nitrogens with zero attached hydrogens (tertiary/aromatic N) is 2. The van der Waals surface area contributed by atoms with Gasteiger partial charge in [-0.15, -0.1) is 11.8 Å². The molecule has 1 aliphatic rings. The van der Waals surface area contributed by atoms with Gasteiger partial charge in [-0.25, -0.2) is 4.98 Å². The number of hydrogen-bond acceptors (Lipinski definition) is 6. The van der Waals surface area contributed by atoms with E-state index in [1.54, 1.807) is 24.3 Å². The van der Waals surface area contributed by atoms with Crippen molar-refractivity contribution in [3.05, 3.63) is 48.0 Å². The number of rotatable bonds is 6. The van der Waals surface area contributed by atoms with Crippen LogP contribution in [0.5, 0.6) is 0 Å². The highest BCUT2D eigenvalue weighted by Gasteiger charge is 2.19. The summed E-state index contributed by atoms with van der Waals surface area (Å²) in [6.45, 7) is 3.10. The lowest BCUT2D eigenvalue weighted by Gasteiger charge is -2.15. The highest BCUT2D eigenvalue weighted by Crippen LogP contribution is 2.30. The van der Waals surface area contributed by atoms with Crippen LogP contribution >= 0.6 is 23.1 Å². The molecule has 0 bridgehead atoms. The summed E-state index contributed by atoms with van der Waals surface area (Å²) in [6.07, 6.45) is 2.12. The Bertz CT molecular complexity index is 1140. The summed E-state index contributed by atoms with van der Waals surface area (Å²) in [5.41, 5.74) is 1.94. The second-order valence-electron chi connectivity index (χ2n) is 7.21. The summed E-state index contributed by atoms with van der Waals surface area (Å²) in [5.74, 6) is 0.0172. The first-order chi connectivity index (χ1) is 15.0. The molecule has 0 unspecified atom stereocenters. The monoisotopic (exact) mass is 454 g/mol. The molecule has 4 rings (SSSR count). The van der Waals surface area contributed by atoms with Crippen LogP contribution < -0.4 is 10.6 Å². The van der Waals surface area contributed by atoms with E-state index in [9.17, 15) is 14.4 Å². The molecule has 0 atom stereocenters. The molecule has 7 nitrogen and oxygen atoms in total. The maximum atomic E-state index is 12.9. The Kier molecular flexibility index (Phi) is 6.53. The van der Waals surface area contributed by atoms with Crippen LogP contribution in [0.4, 0.5) is 10.8 Å². The first-order valence-electron chi connectivity index (χ1n) is 9.99. The van der Waals surface area contributed by atoms with Gasteiger partial charge in [-0.2, -0.15) is 0 Å². The number of carbonyl (C=O) groups is 3. The number of thioether (sulfide) groups is 1. The third-order valence-electron chi connectivity index (χ3n) is 4.87. The summed E-state index contributed by atoms with van der Waals surface area (Å²) in [7, 11) is 0. The van der Waals surface area contributed by atoms with E-state index in [-0.39, 0.29) is 17.7 Å². The standard InChI is InChI=1S/C22H22N4O3S2/c1-14(27)23-15-8-9-17-19(12-15)31-22(24-17)25-21(29)16-6-2-3-7-18(16)30-13-20(28)26-10-4-5-11-26/h2-3,6-9,12H,4-5,10-11,13H2,1H3,(H,23,27)(H,24,25,29). The predicted molar refractivity (Wildman–Crippen MR) is 125 cm³/mol. The quantitative estimate of drug-likeness (QED) is 0.544. The van der Waals surface area contributed by atoms with Crippen LogP contribution in [0.3, 0.4) is 0 Å². The Morgan fingerprint density at radius 2 is 1.87 bits per heavy atom. The predicted octanol–water partition coefficient (Wildman–Crippen LogP) is 4.22. The lowest BCUT2D eigenvalue weighted by molar-refractivity contribution is -0.127. The molecule has 160 valence electrons. The first-order valence-corrected chi connectivity index (χ1v) is 11.8. The van der Waals surface area contributed by atoms with Gasteiger partial charge in [0.2, 0.25) is 11.8 Å². The molecular formula is C22H22N4O3S2. The van der Waals surface area contributed by atoms with E-state index in [2.05, 4.69) is 15.6 Å². The van der Waals surface area contributed by atoms with Crippen LogP contribution in [0.25, 0.3) is 10.2 Å². The molecule has 3 amide bonds. The van der Waals surface area contributed by atoms with Crippen LogP contribution in [0.15, 0.2) is 47.4 Å². The molecule has 9 heteroatoms. The minimum atomic E-state index is -0.266. The van der Waals surface area contributed by atoms with Crippen molar-refractivity contribution in [1.29, 1.82) is 0 Å². The Hall–Kier alpha value is -2.91. The van der Waals surface area contributed by atoms with E-state index in [4.69, 9.17) is 0 Å². The highest BCUT2D eigenvalue weighted by molar-refractivity contribution is 8.00. The lowest BCUT2D eigenvalue weighted by Crippen LogP contribution is -2.29. The van der Waals surface area contributed by atoms with E-state index in [1.165, 1.54) is 30.0 Å². The third-order valence-corrected chi connectivity index (χ3v) is 6.86. The topological polar surface area (TPSA) is 91.4 Å². The molecular weight excluding hydrogens is 432 g/mol. The van der Waals surface area contributed by atoms with Gasteiger partial charge in [-0.3, -0.25) is 19.7 Å². The van der Waals surface area contributed by atoms with Crippen molar-refractivity contribution in [2.75, 3.05) is 29.5 Å². The smallest absolute Gasteiger partial charge is 0.258 e. The van der Waals surface area contributed by atoms with Gasteiger partial charge >= 0.3 is 0 Å². The number of benzene rings is 2. The average molecular weight is 455 g/mol. The normalized spacial score (nSPS) is 13.4. The number of hydrogen-bond donors (Lipinski definition) is 2. The molecule has 0 spiro atoms. The van der Waals surface area contributed by atoms with Gasteiger partial charge in [-0.1, -0.05) is 23.5 Å². The second-order valence-corrected chi connectivity index (χ2v) is 9.26. The molecule has 1 fully saturated rings. The van der Waals surface area contributed by atoms with Crippen molar-refractivity contribution < 1.29 is 14.4 Å². The van der Waals surface area contributed by atoms with Crippen LogP contribution in [-0.2, 0) is 9.59 Å². The van der Waals surface area contributed by atoms with E-state index in [0.29, 0.717) is 22.1 Å². The third kappa shape index (κ3) is 5.23. The number of fused-ring (bicyclic) bond motifs is 1. The summed E-state index contributed by atoms with van der Waals surface area (Å²) in [6, 6.07) is 12.7. The molecule has 2 aromatic carbocycles. The fraction of sp³-hybridized carbons (Fsp3) is 0.273. The number of thiazole rings is 1. The van der Waals surface area contributed by atoms with Gasteiger partial charge < -0.3 is 10.2 Å². The van der Waals surface area contributed by atoms with E-state index in [0.717, 1.165) is 41.0 Å². The van der Waals surface area contributed by atoms with Crippen LogP contribution in [0, 0.1) is 0 Å². The molecule has 1 saturated heterocycles. The number of nitrogens with one attached hydrogen (secondary N) is 2. The minimum Gasteiger partial charge on any atom is -0.342 e. The maximum Gasteiger partial charge on any atom is 0.258 e. The van der Waals surface area contributed by atoms with Gasteiger partial charge in [0.1, 0.15) is 0 Å². The zero-order valence-corrected chi connectivity index (χ0v) is 18.6. The number of anilines is 2. The maximum absolute atomic E-state index is 12.9. The number of likely N-dealkylation sites (tertiary alicyclic amines) is 1. The van der Waals surface area contributed by atoms with Crippen molar-refractivity contribution in [3.63, 3.8) is 0 Å². The highest BCUT2D eigenvalue weighted by atomic mass is 32.2. The Labute approximate surface area is 188 Å². The molecule has 31 heavy (non-hydrogen) atoms. The van der Waals surface area contributed by atoms with Gasteiger partial charge in [-0.05, 0) is 43.2 Å². The van der Waals surface area contributed by atoms with Crippen molar-refractivity contribution in [1.82, 2.24) is 9.88 Å². The Morgan fingerprint density at radius 3 is 2.65 bits per heavy atom. The van der Waals surface area contributed by atoms with Crippen LogP contribution in [-0.4, -0.2) is 46.4 Å². The molecule has 2 heterocycles. The van der Waals surface area contributed by atoms with Crippen LogP contribution in [0.2, 0.25) is 0 Å². The molecule has 0 radical (unpaired) electrons. The summed E-state index contributed by atoms with van der Waals surface area (Å²) < 4.78 is 0.862. The molecule has 3 aromatic rings. The lowest BCUT2D eigenvalue weighted by atomic mass is 10.2. The first kappa shape index (κ1) is 21.3. The SMILES string of the molecule is CC(=O)Nc1ccc2nc(NC(=O)c3ccccc3SCC(=O)N3CCCC3)sc2c1. The van der Waals surface area contributed by atoms with Crippen molar-refractivity contribution in [2.45, 2.75) is 24.7 Å². The van der Waals surface area contributed by atoms with Gasteiger partial charge in [0.05, 0.1) is 21.5 Å². The number of aromatic nitrogens is 1. The summed E-state index contributed by atoms with van der Waals surface area (Å²) in [4.78, 5) is 43.6. The second kappa shape index (κ2) is 9.49. The molecule has 1 aliphatic heterocycles. The van der Waals surface area contributed by atoms with Crippen molar-refractivity contribution in [3.8, 4) is 0 Å². The molecule has 2 N–H and O–H groups in total. The molecule has 0 saturated carbocycles. The van der Waals surface area contributed by atoms with Gasteiger partial charge in [0, 0.05) is 30.6 Å². The van der Waals surface area contributed by atoms with E-state index in [1.807, 2.05) is 23.1 Å². The van der Waals surface area contributed by atoms with E-state index >= 15 is 0 Å². The fourth-order valence-corrected chi connectivity index (χ4v) is 5.25. The zero-order valence-electron chi connectivity index (χ0n) is 17.0. The average Bonchev–Trinajstić information content (AvgIpc) is 3.41. The Balaban J connectivity index is 1.46. The van der Waals surface area contributed by atoms with E-state index < -0.39 is 0 Å². The van der Waals surface area contributed by atoms with Crippen LogP contribution in [0.1, 0.15) is 30.1 Å².